The Kier molecular flexibility index (Phi) is 4.32. The van der Waals surface area contributed by atoms with Gasteiger partial charge in [0.1, 0.15) is 0 Å². The highest BCUT2D eigenvalue weighted by atomic mass is 32.2. The van der Waals surface area contributed by atoms with Crippen LogP contribution in [0.3, 0.4) is 0 Å². The molecule has 1 aliphatic rings. The lowest BCUT2D eigenvalue weighted by atomic mass is 10.2. The highest BCUT2D eigenvalue weighted by molar-refractivity contribution is 7.92. The average Bonchev–Trinajstić information content (AvgIpc) is 2.97. The van der Waals surface area contributed by atoms with E-state index < -0.39 is 10.0 Å². The number of hydrogen-bond donors (Lipinski definition) is 1. The number of anilines is 2. The van der Waals surface area contributed by atoms with Crippen LogP contribution in [0.25, 0.3) is 0 Å². The Balaban J connectivity index is 1.89. The van der Waals surface area contributed by atoms with Crippen LogP contribution < -0.4 is 9.62 Å². The van der Waals surface area contributed by atoms with Gasteiger partial charge in [0.25, 0.3) is 10.0 Å². The fourth-order valence-corrected chi connectivity index (χ4v) is 4.02. The first-order valence-corrected chi connectivity index (χ1v) is 9.42. The number of sulfonamides is 1. The third-order valence-corrected chi connectivity index (χ3v) is 5.51. The molecule has 1 amide bonds. The van der Waals surface area contributed by atoms with E-state index in [0.29, 0.717) is 25.1 Å². The summed E-state index contributed by atoms with van der Waals surface area (Å²) >= 11 is 0. The number of nitrogens with zero attached hydrogens (tertiary/aromatic N) is 1. The van der Waals surface area contributed by atoms with Crippen molar-refractivity contribution in [3.63, 3.8) is 0 Å². The number of aryl methyl sites for hydroxylation is 1. The average molecular weight is 344 g/mol. The molecule has 2 aromatic carbocycles. The van der Waals surface area contributed by atoms with Crippen LogP contribution in [-0.4, -0.2) is 20.9 Å². The zero-order valence-corrected chi connectivity index (χ0v) is 14.6. The molecule has 126 valence electrons. The minimum atomic E-state index is -3.65. The van der Waals surface area contributed by atoms with Gasteiger partial charge in [0, 0.05) is 24.3 Å². The minimum absolute atomic E-state index is 0.0576. The van der Waals surface area contributed by atoms with Crippen LogP contribution in [0.2, 0.25) is 0 Å². The van der Waals surface area contributed by atoms with Gasteiger partial charge in [-0.05, 0) is 54.8 Å². The van der Waals surface area contributed by atoms with Gasteiger partial charge in [-0.25, -0.2) is 8.42 Å². The van der Waals surface area contributed by atoms with Crippen molar-refractivity contribution in [1.82, 2.24) is 0 Å². The van der Waals surface area contributed by atoms with E-state index in [1.807, 2.05) is 26.0 Å². The van der Waals surface area contributed by atoms with E-state index in [1.165, 1.54) is 0 Å². The Hall–Kier alpha value is -2.34. The van der Waals surface area contributed by atoms with Crippen LogP contribution in [0.1, 0.15) is 24.5 Å². The van der Waals surface area contributed by atoms with Crippen LogP contribution in [0.15, 0.2) is 47.4 Å². The molecule has 3 rings (SSSR count). The molecule has 0 fully saturated rings. The maximum Gasteiger partial charge on any atom is 0.261 e. The Morgan fingerprint density at radius 2 is 2.00 bits per heavy atom. The molecule has 0 unspecified atom stereocenters. The molecule has 0 atom stereocenters. The predicted molar refractivity (Wildman–Crippen MR) is 94.8 cm³/mol. The normalized spacial score (nSPS) is 13.7. The van der Waals surface area contributed by atoms with Crippen LogP contribution in [0.5, 0.6) is 0 Å². The van der Waals surface area contributed by atoms with Gasteiger partial charge in [-0.3, -0.25) is 9.52 Å². The summed E-state index contributed by atoms with van der Waals surface area (Å²) < 4.78 is 27.8. The van der Waals surface area contributed by atoms with E-state index in [0.717, 1.165) is 16.8 Å². The molecule has 1 N–H and O–H groups in total. The second-order valence-electron chi connectivity index (χ2n) is 5.91. The monoisotopic (exact) mass is 344 g/mol. The van der Waals surface area contributed by atoms with Crippen LogP contribution in [0, 0.1) is 6.92 Å². The van der Waals surface area contributed by atoms with Gasteiger partial charge in [-0.15, -0.1) is 0 Å². The summed E-state index contributed by atoms with van der Waals surface area (Å²) in [5.74, 6) is 0.0576. The Labute approximate surface area is 142 Å². The second kappa shape index (κ2) is 6.28. The van der Waals surface area contributed by atoms with Gasteiger partial charge in [0.15, 0.2) is 0 Å². The van der Waals surface area contributed by atoms with Crippen molar-refractivity contribution in [2.24, 2.45) is 0 Å². The summed E-state index contributed by atoms with van der Waals surface area (Å²) in [5, 5.41) is 0. The van der Waals surface area contributed by atoms with Crippen molar-refractivity contribution in [2.75, 3.05) is 16.2 Å². The molecular weight excluding hydrogens is 324 g/mol. The predicted octanol–water partition coefficient (Wildman–Crippen LogP) is 3.09. The van der Waals surface area contributed by atoms with Crippen LogP contribution >= 0.6 is 0 Å². The van der Waals surface area contributed by atoms with E-state index in [1.54, 1.807) is 35.2 Å². The molecule has 24 heavy (non-hydrogen) atoms. The van der Waals surface area contributed by atoms with Crippen molar-refractivity contribution in [2.45, 2.75) is 31.6 Å². The van der Waals surface area contributed by atoms with E-state index in [2.05, 4.69) is 4.72 Å². The lowest BCUT2D eigenvalue weighted by Gasteiger charge is -2.16. The number of nitrogens with one attached hydrogen (secondary N) is 1. The Morgan fingerprint density at radius 3 is 2.71 bits per heavy atom. The van der Waals surface area contributed by atoms with Crippen molar-refractivity contribution in [3.8, 4) is 0 Å². The highest BCUT2D eigenvalue weighted by Gasteiger charge is 2.25. The molecule has 1 aliphatic heterocycles. The maximum atomic E-state index is 12.6. The second-order valence-corrected chi connectivity index (χ2v) is 7.60. The molecular formula is C18H20N2O3S. The summed E-state index contributed by atoms with van der Waals surface area (Å²) in [6.45, 7) is 4.34. The van der Waals surface area contributed by atoms with Gasteiger partial charge < -0.3 is 4.90 Å². The van der Waals surface area contributed by atoms with E-state index in [9.17, 15) is 13.2 Å². The molecule has 0 aliphatic carbocycles. The van der Waals surface area contributed by atoms with Gasteiger partial charge >= 0.3 is 0 Å². The molecule has 0 saturated heterocycles. The largest absolute Gasteiger partial charge is 0.312 e. The van der Waals surface area contributed by atoms with Crippen molar-refractivity contribution < 1.29 is 13.2 Å². The zero-order valence-electron chi connectivity index (χ0n) is 13.7. The molecule has 0 aromatic heterocycles. The highest BCUT2D eigenvalue weighted by Crippen LogP contribution is 2.31. The summed E-state index contributed by atoms with van der Waals surface area (Å²) in [6, 6.07) is 12.2. The number of fused-ring (bicyclic) bond motifs is 1. The fraction of sp³-hybridized carbons (Fsp3) is 0.278. The lowest BCUT2D eigenvalue weighted by Crippen LogP contribution is -2.27. The summed E-state index contributed by atoms with van der Waals surface area (Å²) in [4.78, 5) is 13.9. The van der Waals surface area contributed by atoms with Gasteiger partial charge in [0.2, 0.25) is 5.91 Å². The van der Waals surface area contributed by atoms with E-state index in [-0.39, 0.29) is 10.8 Å². The molecule has 1 heterocycles. The molecule has 0 radical (unpaired) electrons. The minimum Gasteiger partial charge on any atom is -0.312 e. The number of benzene rings is 2. The lowest BCUT2D eigenvalue weighted by molar-refractivity contribution is -0.118. The molecule has 0 spiro atoms. The SMILES string of the molecule is CCC(=O)N1CCc2cc(S(=O)(=O)Nc3cccc(C)c3)ccc21. The summed E-state index contributed by atoms with van der Waals surface area (Å²) in [7, 11) is -3.65. The van der Waals surface area contributed by atoms with Crippen LogP contribution in [0.4, 0.5) is 11.4 Å². The third-order valence-electron chi connectivity index (χ3n) is 4.13. The fourth-order valence-electron chi connectivity index (χ4n) is 2.92. The molecule has 5 nitrogen and oxygen atoms in total. The maximum absolute atomic E-state index is 12.6. The number of hydrogen-bond acceptors (Lipinski definition) is 3. The number of carbonyl (C=O) groups is 1. The molecule has 0 bridgehead atoms. The van der Waals surface area contributed by atoms with Crippen molar-refractivity contribution in [3.05, 3.63) is 53.6 Å². The molecule has 6 heteroatoms. The molecule has 2 aromatic rings. The van der Waals surface area contributed by atoms with Crippen LogP contribution in [-0.2, 0) is 21.2 Å². The summed E-state index contributed by atoms with van der Waals surface area (Å²) in [6.07, 6.45) is 1.11. The van der Waals surface area contributed by atoms with E-state index in [4.69, 9.17) is 0 Å². The number of rotatable bonds is 4. The number of amides is 1. The zero-order chi connectivity index (χ0) is 17.3. The van der Waals surface area contributed by atoms with Gasteiger partial charge in [-0.1, -0.05) is 19.1 Å². The summed E-state index contributed by atoms with van der Waals surface area (Å²) in [5.41, 5.74) is 3.23. The van der Waals surface area contributed by atoms with Crippen molar-refractivity contribution >= 4 is 27.3 Å². The van der Waals surface area contributed by atoms with Gasteiger partial charge in [0.05, 0.1) is 4.90 Å². The topological polar surface area (TPSA) is 66.5 Å². The Morgan fingerprint density at radius 1 is 1.21 bits per heavy atom. The van der Waals surface area contributed by atoms with E-state index >= 15 is 0 Å². The first-order chi connectivity index (χ1) is 11.4. The number of carbonyl (C=O) groups excluding carboxylic acids is 1. The first kappa shape index (κ1) is 16.5. The van der Waals surface area contributed by atoms with Gasteiger partial charge in [-0.2, -0.15) is 0 Å². The molecule has 0 saturated carbocycles. The Bertz CT molecular complexity index is 891. The standard InChI is InChI=1S/C18H20N2O3S/c1-3-18(21)20-10-9-14-12-16(7-8-17(14)20)24(22,23)19-15-6-4-5-13(2)11-15/h4-8,11-12,19H,3,9-10H2,1-2H3. The first-order valence-electron chi connectivity index (χ1n) is 7.93. The third kappa shape index (κ3) is 3.14. The quantitative estimate of drug-likeness (QED) is 0.927. The smallest absolute Gasteiger partial charge is 0.261 e. The van der Waals surface area contributed by atoms with Crippen molar-refractivity contribution in [1.29, 1.82) is 0 Å².